The smallest absolute Gasteiger partial charge is 0.335 e. The van der Waals surface area contributed by atoms with E-state index in [1.807, 2.05) is 30.3 Å². The molecule has 4 rings (SSSR count). The number of non-ortho nitro benzene ring substituents is 1. The van der Waals surface area contributed by atoms with Crippen molar-refractivity contribution in [3.05, 3.63) is 106 Å². The SMILES string of the molecule is O=C1NC(=O)N(c2ccc([N+](=O)[O-])cc2)C(=O)/C1=C/c1ccc(OCc2ccccc2)cc1. The van der Waals surface area contributed by atoms with Crippen molar-refractivity contribution in [3.63, 3.8) is 0 Å². The number of urea groups is 1. The van der Waals surface area contributed by atoms with Gasteiger partial charge in [0, 0.05) is 12.1 Å². The largest absolute Gasteiger partial charge is 0.489 e. The van der Waals surface area contributed by atoms with E-state index in [-0.39, 0.29) is 16.9 Å². The number of ether oxygens (including phenoxy) is 1. The van der Waals surface area contributed by atoms with Gasteiger partial charge in [-0.25, -0.2) is 9.69 Å². The van der Waals surface area contributed by atoms with Crippen molar-refractivity contribution in [1.29, 1.82) is 0 Å². The van der Waals surface area contributed by atoms with Gasteiger partial charge in [0.2, 0.25) is 0 Å². The average Bonchev–Trinajstić information content (AvgIpc) is 2.82. The molecule has 0 bridgehead atoms. The zero-order valence-electron chi connectivity index (χ0n) is 17.1. The Morgan fingerprint density at radius 2 is 1.58 bits per heavy atom. The van der Waals surface area contributed by atoms with Crippen LogP contribution in [0.3, 0.4) is 0 Å². The molecule has 0 aromatic heterocycles. The van der Waals surface area contributed by atoms with Crippen molar-refractivity contribution in [2.75, 3.05) is 4.90 Å². The molecular weight excluding hydrogens is 426 g/mol. The molecule has 4 amide bonds. The molecule has 1 aliphatic heterocycles. The van der Waals surface area contributed by atoms with Gasteiger partial charge in [-0.1, -0.05) is 42.5 Å². The molecule has 0 unspecified atom stereocenters. The third kappa shape index (κ3) is 4.77. The number of amides is 4. The van der Waals surface area contributed by atoms with Gasteiger partial charge in [-0.2, -0.15) is 0 Å². The van der Waals surface area contributed by atoms with Crippen molar-refractivity contribution >= 4 is 35.3 Å². The van der Waals surface area contributed by atoms with E-state index in [9.17, 15) is 24.5 Å². The van der Waals surface area contributed by atoms with Gasteiger partial charge in [0.15, 0.2) is 0 Å². The molecule has 9 nitrogen and oxygen atoms in total. The number of rotatable bonds is 6. The Morgan fingerprint density at radius 3 is 2.21 bits per heavy atom. The third-order valence-corrected chi connectivity index (χ3v) is 4.86. The topological polar surface area (TPSA) is 119 Å². The van der Waals surface area contributed by atoms with Gasteiger partial charge < -0.3 is 4.74 Å². The summed E-state index contributed by atoms with van der Waals surface area (Å²) in [5, 5.41) is 13.0. The monoisotopic (exact) mass is 443 g/mol. The predicted molar refractivity (Wildman–Crippen MR) is 119 cm³/mol. The number of hydrogen-bond donors (Lipinski definition) is 1. The van der Waals surface area contributed by atoms with E-state index in [2.05, 4.69) is 5.32 Å². The van der Waals surface area contributed by atoms with Crippen molar-refractivity contribution in [1.82, 2.24) is 5.32 Å². The van der Waals surface area contributed by atoms with Gasteiger partial charge in [-0.05, 0) is 41.5 Å². The molecule has 0 aliphatic carbocycles. The maximum Gasteiger partial charge on any atom is 0.335 e. The Bertz CT molecular complexity index is 1250. The Labute approximate surface area is 188 Å². The molecule has 3 aromatic carbocycles. The van der Waals surface area contributed by atoms with Crippen LogP contribution in [0.25, 0.3) is 6.08 Å². The number of carbonyl (C=O) groups is 3. The Morgan fingerprint density at radius 1 is 0.909 bits per heavy atom. The van der Waals surface area contributed by atoms with E-state index < -0.39 is 22.8 Å². The highest BCUT2D eigenvalue weighted by Gasteiger charge is 2.36. The second-order valence-corrected chi connectivity index (χ2v) is 7.07. The Balaban J connectivity index is 1.52. The van der Waals surface area contributed by atoms with Crippen molar-refractivity contribution in [2.45, 2.75) is 6.61 Å². The van der Waals surface area contributed by atoms with Crippen LogP contribution in [0.5, 0.6) is 5.75 Å². The molecule has 0 radical (unpaired) electrons. The summed E-state index contributed by atoms with van der Waals surface area (Å²) in [5.74, 6) is -1.04. The normalized spacial score (nSPS) is 14.8. The highest BCUT2D eigenvalue weighted by atomic mass is 16.6. The zero-order valence-corrected chi connectivity index (χ0v) is 17.1. The quantitative estimate of drug-likeness (QED) is 0.268. The molecule has 1 saturated heterocycles. The number of anilines is 1. The van der Waals surface area contributed by atoms with Crippen molar-refractivity contribution in [2.24, 2.45) is 0 Å². The number of nitro groups is 1. The van der Waals surface area contributed by atoms with Gasteiger partial charge in [0.05, 0.1) is 10.6 Å². The predicted octanol–water partition coefficient (Wildman–Crippen LogP) is 3.84. The minimum Gasteiger partial charge on any atom is -0.489 e. The molecular formula is C24H17N3O6. The maximum atomic E-state index is 12.9. The number of barbiturate groups is 1. The summed E-state index contributed by atoms with van der Waals surface area (Å²) in [6.07, 6.45) is 1.36. The second-order valence-electron chi connectivity index (χ2n) is 7.07. The highest BCUT2D eigenvalue weighted by molar-refractivity contribution is 6.39. The average molecular weight is 443 g/mol. The molecule has 1 heterocycles. The number of nitro benzene ring substituents is 1. The minimum atomic E-state index is -0.930. The molecule has 0 atom stereocenters. The summed E-state index contributed by atoms with van der Waals surface area (Å²) in [7, 11) is 0. The van der Waals surface area contributed by atoms with Gasteiger partial charge in [0.25, 0.3) is 17.5 Å². The fourth-order valence-corrected chi connectivity index (χ4v) is 3.18. The summed E-state index contributed by atoms with van der Waals surface area (Å²) in [6.45, 7) is 0.397. The van der Waals surface area contributed by atoms with E-state index >= 15 is 0 Å². The first-order chi connectivity index (χ1) is 15.9. The third-order valence-electron chi connectivity index (χ3n) is 4.86. The maximum absolute atomic E-state index is 12.9. The number of benzene rings is 3. The molecule has 1 N–H and O–H groups in total. The zero-order chi connectivity index (χ0) is 23.4. The number of imide groups is 2. The first kappa shape index (κ1) is 21.4. The Kier molecular flexibility index (Phi) is 5.94. The van der Waals surface area contributed by atoms with E-state index in [4.69, 9.17) is 4.74 Å². The summed E-state index contributed by atoms with van der Waals surface area (Å²) in [6, 6.07) is 20.4. The lowest BCUT2D eigenvalue weighted by molar-refractivity contribution is -0.384. The van der Waals surface area contributed by atoms with Crippen LogP contribution in [-0.2, 0) is 16.2 Å². The number of nitrogens with zero attached hydrogens (tertiary/aromatic N) is 2. The molecule has 0 spiro atoms. The standard InChI is InChI=1S/C24H17N3O6/c28-22-21(14-16-6-12-20(13-7-16)33-15-17-4-2-1-3-5-17)23(29)26(24(30)25-22)18-8-10-19(11-9-18)27(31)32/h1-14H,15H2,(H,25,28,30)/b21-14+. The lowest BCUT2D eigenvalue weighted by Gasteiger charge is -2.26. The molecule has 9 heteroatoms. The van der Waals surface area contributed by atoms with Crippen LogP contribution in [0.15, 0.2) is 84.4 Å². The van der Waals surface area contributed by atoms with E-state index in [0.717, 1.165) is 10.5 Å². The molecule has 1 fully saturated rings. The van der Waals surface area contributed by atoms with Gasteiger partial charge in [0.1, 0.15) is 17.9 Å². The Hall–Kier alpha value is -4.79. The van der Waals surface area contributed by atoms with Gasteiger partial charge in [-0.15, -0.1) is 0 Å². The van der Waals surface area contributed by atoms with Crippen molar-refractivity contribution in [3.8, 4) is 5.75 Å². The summed E-state index contributed by atoms with van der Waals surface area (Å²) < 4.78 is 5.73. The van der Waals surface area contributed by atoms with Crippen LogP contribution in [0, 0.1) is 10.1 Å². The number of carbonyl (C=O) groups excluding carboxylic acids is 3. The summed E-state index contributed by atoms with van der Waals surface area (Å²) >= 11 is 0. The molecule has 3 aromatic rings. The molecule has 33 heavy (non-hydrogen) atoms. The minimum absolute atomic E-state index is 0.103. The van der Waals surface area contributed by atoms with Gasteiger partial charge >= 0.3 is 6.03 Å². The van der Waals surface area contributed by atoms with Crippen LogP contribution in [0.4, 0.5) is 16.2 Å². The lowest BCUT2D eigenvalue weighted by Crippen LogP contribution is -2.54. The first-order valence-corrected chi connectivity index (χ1v) is 9.85. The fraction of sp³-hybridized carbons (Fsp3) is 0.0417. The molecule has 164 valence electrons. The highest BCUT2D eigenvalue weighted by Crippen LogP contribution is 2.24. The van der Waals surface area contributed by atoms with E-state index in [1.165, 1.54) is 30.3 Å². The fourth-order valence-electron chi connectivity index (χ4n) is 3.18. The summed E-state index contributed by atoms with van der Waals surface area (Å²) in [4.78, 5) is 48.5. The number of nitrogens with one attached hydrogen (secondary N) is 1. The first-order valence-electron chi connectivity index (χ1n) is 9.85. The number of hydrogen-bond acceptors (Lipinski definition) is 6. The molecule has 1 aliphatic rings. The second kappa shape index (κ2) is 9.15. The lowest BCUT2D eigenvalue weighted by atomic mass is 10.1. The van der Waals surface area contributed by atoms with Gasteiger partial charge in [-0.3, -0.25) is 25.0 Å². The van der Waals surface area contributed by atoms with E-state index in [0.29, 0.717) is 17.9 Å². The van der Waals surface area contributed by atoms with E-state index in [1.54, 1.807) is 24.3 Å². The van der Waals surface area contributed by atoms with Crippen LogP contribution >= 0.6 is 0 Å². The van der Waals surface area contributed by atoms with Crippen LogP contribution in [0.2, 0.25) is 0 Å². The van der Waals surface area contributed by atoms with Crippen LogP contribution in [-0.4, -0.2) is 22.8 Å². The van der Waals surface area contributed by atoms with Crippen LogP contribution < -0.4 is 15.0 Å². The summed E-state index contributed by atoms with van der Waals surface area (Å²) in [5.41, 5.74) is 1.24. The van der Waals surface area contributed by atoms with Crippen LogP contribution in [0.1, 0.15) is 11.1 Å². The molecule has 0 saturated carbocycles. The van der Waals surface area contributed by atoms with Crippen molar-refractivity contribution < 1.29 is 24.0 Å².